The van der Waals surface area contributed by atoms with Crippen LogP contribution in [0.25, 0.3) is 10.4 Å². The normalized spacial score (nSPS) is 10.5. The van der Waals surface area contributed by atoms with Crippen molar-refractivity contribution < 1.29 is 13.0 Å². The molecule has 0 unspecified atom stereocenters. The van der Waals surface area contributed by atoms with Crippen LogP contribution in [0.5, 0.6) is 0 Å². The second kappa shape index (κ2) is 3.40. The van der Waals surface area contributed by atoms with Crippen LogP contribution in [0.15, 0.2) is 28.5 Å². The number of hydrogen-bond acceptors (Lipinski definition) is 4. The summed E-state index contributed by atoms with van der Waals surface area (Å²) in [4.78, 5) is 5.37. The molecular weight excluding hydrogens is 196 g/mol. The second-order valence-corrected chi connectivity index (χ2v) is 3.40. The molecule has 0 aliphatic carbocycles. The quantitative estimate of drug-likeness (QED) is 0.334. The fourth-order valence-electron chi connectivity index (χ4n) is 0.702. The summed E-state index contributed by atoms with van der Waals surface area (Å²) in [6.45, 7) is 0. The van der Waals surface area contributed by atoms with Crippen LogP contribution >= 0.6 is 0 Å². The van der Waals surface area contributed by atoms with Crippen LogP contribution in [0.1, 0.15) is 0 Å². The van der Waals surface area contributed by atoms with E-state index < -0.39 is 15.0 Å². The van der Waals surface area contributed by atoms with Gasteiger partial charge >= 0.3 is 0 Å². The van der Waals surface area contributed by atoms with Crippen LogP contribution in [0.3, 0.4) is 0 Å². The van der Waals surface area contributed by atoms with Gasteiger partial charge < -0.3 is 0 Å². The Bertz CT molecular complexity index is 462. The smallest absolute Gasteiger partial charge is 0.282 e. The van der Waals surface area contributed by atoms with Crippen LogP contribution in [0.2, 0.25) is 0 Å². The molecule has 0 saturated carbocycles. The lowest BCUT2D eigenvalue weighted by Crippen LogP contribution is -1.98. The molecule has 0 fully saturated rings. The standard InChI is InChI=1S/C5H4N4O3S/c6-9-8-4-1-2-7-3-5(4)13(10,11)12/h1-3H,(H,10,11,12). The second-order valence-electron chi connectivity index (χ2n) is 2.01. The van der Waals surface area contributed by atoms with E-state index in [-0.39, 0.29) is 5.69 Å². The fourth-order valence-corrected chi connectivity index (χ4v) is 1.27. The lowest BCUT2D eigenvalue weighted by atomic mass is 10.4. The molecule has 1 heterocycles. The zero-order valence-corrected chi connectivity index (χ0v) is 7.01. The maximum absolute atomic E-state index is 10.7. The van der Waals surface area contributed by atoms with Gasteiger partial charge in [0.2, 0.25) is 0 Å². The first kappa shape index (κ1) is 9.46. The van der Waals surface area contributed by atoms with E-state index in [4.69, 9.17) is 10.1 Å². The molecule has 68 valence electrons. The molecule has 0 saturated heterocycles. The first-order valence-electron chi connectivity index (χ1n) is 3.02. The minimum Gasteiger partial charge on any atom is -0.282 e. The predicted octanol–water partition coefficient (Wildman–Crippen LogP) is 1.27. The Hall–Kier alpha value is -1.63. The summed E-state index contributed by atoms with van der Waals surface area (Å²) in [5.74, 6) is 0. The fraction of sp³-hybridized carbons (Fsp3) is 0. The van der Waals surface area contributed by atoms with Gasteiger partial charge in [-0.2, -0.15) is 8.42 Å². The number of nitrogens with zero attached hydrogens (tertiary/aromatic N) is 4. The highest BCUT2D eigenvalue weighted by atomic mass is 32.2. The average molecular weight is 200 g/mol. The van der Waals surface area contributed by atoms with Crippen LogP contribution in [0, 0.1) is 0 Å². The van der Waals surface area contributed by atoms with Crippen molar-refractivity contribution >= 4 is 15.8 Å². The highest BCUT2D eigenvalue weighted by Crippen LogP contribution is 2.21. The molecule has 0 bridgehead atoms. The van der Waals surface area contributed by atoms with Gasteiger partial charge in [0.1, 0.15) is 4.90 Å². The van der Waals surface area contributed by atoms with E-state index in [2.05, 4.69) is 15.0 Å². The van der Waals surface area contributed by atoms with Gasteiger partial charge in [-0.1, -0.05) is 5.11 Å². The van der Waals surface area contributed by atoms with Gasteiger partial charge in [0.15, 0.2) is 0 Å². The molecule has 0 amide bonds. The van der Waals surface area contributed by atoms with Gasteiger partial charge in [-0.25, -0.2) is 0 Å². The molecule has 0 atom stereocenters. The van der Waals surface area contributed by atoms with E-state index in [0.29, 0.717) is 0 Å². The van der Waals surface area contributed by atoms with Crippen LogP contribution < -0.4 is 0 Å². The van der Waals surface area contributed by atoms with Crippen LogP contribution in [0.4, 0.5) is 5.69 Å². The van der Waals surface area contributed by atoms with Crippen molar-refractivity contribution in [1.82, 2.24) is 4.98 Å². The Morgan fingerprint density at radius 2 is 2.31 bits per heavy atom. The Labute approximate surface area is 73.4 Å². The molecule has 0 aliphatic heterocycles. The molecule has 0 aromatic carbocycles. The van der Waals surface area contributed by atoms with E-state index >= 15 is 0 Å². The minimum absolute atomic E-state index is 0.181. The van der Waals surface area contributed by atoms with Crippen LogP contribution in [-0.4, -0.2) is 18.0 Å². The predicted molar refractivity (Wildman–Crippen MR) is 42.9 cm³/mol. The van der Waals surface area contributed by atoms with Gasteiger partial charge in [0.25, 0.3) is 10.1 Å². The summed E-state index contributed by atoms with van der Waals surface area (Å²) in [5.41, 5.74) is 7.89. The Kier molecular flexibility index (Phi) is 2.47. The van der Waals surface area contributed by atoms with Gasteiger partial charge in [0.05, 0.1) is 5.69 Å². The Morgan fingerprint density at radius 3 is 2.85 bits per heavy atom. The third-order valence-corrected chi connectivity index (χ3v) is 2.06. The van der Waals surface area contributed by atoms with E-state index in [1.807, 2.05) is 0 Å². The molecule has 1 aromatic rings. The number of hydrogen-bond donors (Lipinski definition) is 1. The minimum atomic E-state index is -4.38. The molecular formula is C5H4N4O3S. The van der Waals surface area contributed by atoms with Crippen molar-refractivity contribution in [2.24, 2.45) is 5.11 Å². The number of pyridine rings is 1. The third-order valence-electron chi connectivity index (χ3n) is 1.19. The van der Waals surface area contributed by atoms with E-state index in [1.54, 1.807) is 0 Å². The van der Waals surface area contributed by atoms with Crippen molar-refractivity contribution in [2.75, 3.05) is 0 Å². The summed E-state index contributed by atoms with van der Waals surface area (Å²) >= 11 is 0. The Balaban J connectivity index is 3.45. The largest absolute Gasteiger partial charge is 0.296 e. The molecule has 1 N–H and O–H groups in total. The average Bonchev–Trinajstić information content (AvgIpc) is 2.04. The summed E-state index contributed by atoms with van der Waals surface area (Å²) < 4.78 is 30.0. The van der Waals surface area contributed by atoms with Gasteiger partial charge in [-0.15, -0.1) is 0 Å². The topological polar surface area (TPSA) is 116 Å². The SMILES string of the molecule is [N-]=[N+]=Nc1ccncc1S(=O)(=O)O. The van der Waals surface area contributed by atoms with Crippen molar-refractivity contribution in [1.29, 1.82) is 0 Å². The highest BCUT2D eigenvalue weighted by molar-refractivity contribution is 7.86. The summed E-state index contributed by atoms with van der Waals surface area (Å²) in [6, 6.07) is 1.18. The molecule has 7 nitrogen and oxygen atoms in total. The molecule has 1 rings (SSSR count). The van der Waals surface area contributed by atoms with Gasteiger partial charge in [-0.3, -0.25) is 9.54 Å². The van der Waals surface area contributed by atoms with E-state index in [9.17, 15) is 8.42 Å². The van der Waals surface area contributed by atoms with Crippen molar-refractivity contribution in [3.05, 3.63) is 28.9 Å². The zero-order valence-electron chi connectivity index (χ0n) is 6.19. The number of azide groups is 1. The molecule has 1 aromatic heterocycles. The van der Waals surface area contributed by atoms with Crippen molar-refractivity contribution in [3.8, 4) is 0 Å². The highest BCUT2D eigenvalue weighted by Gasteiger charge is 2.13. The van der Waals surface area contributed by atoms with Gasteiger partial charge in [-0.05, 0) is 11.6 Å². The van der Waals surface area contributed by atoms with E-state index in [1.165, 1.54) is 12.3 Å². The molecule has 8 heteroatoms. The number of aromatic nitrogens is 1. The van der Waals surface area contributed by atoms with Gasteiger partial charge in [0, 0.05) is 17.3 Å². The molecule has 0 radical (unpaired) electrons. The molecule has 0 aliphatic rings. The summed E-state index contributed by atoms with van der Waals surface area (Å²) in [6.07, 6.45) is 2.15. The summed E-state index contributed by atoms with van der Waals surface area (Å²) in [7, 11) is -4.38. The maximum Gasteiger partial charge on any atom is 0.296 e. The zero-order chi connectivity index (χ0) is 9.90. The van der Waals surface area contributed by atoms with E-state index in [0.717, 1.165) is 6.20 Å². The third kappa shape index (κ3) is 2.15. The number of rotatable bonds is 2. The maximum atomic E-state index is 10.7. The monoisotopic (exact) mass is 200 g/mol. The van der Waals surface area contributed by atoms with Crippen molar-refractivity contribution in [3.63, 3.8) is 0 Å². The first-order chi connectivity index (χ1) is 6.05. The lowest BCUT2D eigenvalue weighted by molar-refractivity contribution is 0.483. The van der Waals surface area contributed by atoms with Crippen molar-refractivity contribution in [2.45, 2.75) is 4.90 Å². The summed E-state index contributed by atoms with van der Waals surface area (Å²) in [5, 5.41) is 3.07. The Morgan fingerprint density at radius 1 is 1.62 bits per heavy atom. The molecule has 13 heavy (non-hydrogen) atoms. The van der Waals surface area contributed by atoms with Crippen LogP contribution in [-0.2, 0) is 10.1 Å². The molecule has 0 spiro atoms. The lowest BCUT2D eigenvalue weighted by Gasteiger charge is -1.98. The first-order valence-corrected chi connectivity index (χ1v) is 4.46.